The molecule has 1 fully saturated rings. The van der Waals surface area contributed by atoms with Gasteiger partial charge in [-0.1, -0.05) is 42.5 Å². The Hall–Kier alpha value is -3.58. The standard InChI is InChI=1S/C25H27N5O2/c1-17-15-26-13-14-30(17)21-10-6-9-19-23(28-29(2)24(19)21)20-11-12-22(31)27-25(20)32-16-18-7-4-3-5-8-18/h3-12,17,26H,13-16H2,1-2H3,(H,27,31)/t17-/m1/s1. The number of hydrogen-bond donors (Lipinski definition) is 2. The molecule has 0 unspecified atom stereocenters. The third-order valence-corrected chi connectivity index (χ3v) is 5.97. The van der Waals surface area contributed by atoms with Gasteiger partial charge >= 0.3 is 0 Å². The van der Waals surface area contributed by atoms with Gasteiger partial charge in [-0.2, -0.15) is 10.1 Å². The van der Waals surface area contributed by atoms with E-state index in [0.29, 0.717) is 18.5 Å². The molecule has 3 heterocycles. The number of nitrogens with zero attached hydrogens (tertiary/aromatic N) is 4. The summed E-state index contributed by atoms with van der Waals surface area (Å²) in [7, 11) is 1.97. The third-order valence-electron chi connectivity index (χ3n) is 5.97. The average Bonchev–Trinajstić information content (AvgIpc) is 3.15. The first-order valence-corrected chi connectivity index (χ1v) is 10.9. The van der Waals surface area contributed by atoms with Gasteiger partial charge in [-0.25, -0.2) is 0 Å². The molecule has 0 bridgehead atoms. The zero-order chi connectivity index (χ0) is 22.1. The number of aryl methyl sites for hydroxylation is 1. The molecule has 0 aliphatic carbocycles. The van der Waals surface area contributed by atoms with Gasteiger partial charge in [0.05, 0.1) is 16.8 Å². The molecule has 1 aliphatic rings. The lowest BCUT2D eigenvalue weighted by atomic mass is 10.1. The van der Waals surface area contributed by atoms with Crippen molar-refractivity contribution in [2.45, 2.75) is 19.6 Å². The minimum absolute atomic E-state index is 0.0765. The number of aromatic hydroxyl groups is 1. The number of piperazine rings is 1. The van der Waals surface area contributed by atoms with Gasteiger partial charge in [0.15, 0.2) is 0 Å². The zero-order valence-corrected chi connectivity index (χ0v) is 18.3. The molecule has 5 rings (SSSR count). The molecule has 1 aliphatic heterocycles. The van der Waals surface area contributed by atoms with Crippen LogP contribution in [0.3, 0.4) is 0 Å². The normalized spacial score (nSPS) is 16.4. The van der Waals surface area contributed by atoms with Gasteiger partial charge < -0.3 is 20.1 Å². The van der Waals surface area contributed by atoms with E-state index in [9.17, 15) is 5.11 Å². The topological polar surface area (TPSA) is 75.4 Å². The quantitative estimate of drug-likeness (QED) is 0.504. The first-order valence-electron chi connectivity index (χ1n) is 10.9. The highest BCUT2D eigenvalue weighted by Gasteiger charge is 2.24. The van der Waals surface area contributed by atoms with Crippen LogP contribution in [0.5, 0.6) is 11.8 Å². The highest BCUT2D eigenvalue weighted by Crippen LogP contribution is 2.38. The fraction of sp³-hybridized carbons (Fsp3) is 0.280. The first kappa shape index (κ1) is 20.3. The van der Waals surface area contributed by atoms with Crippen LogP contribution in [0.2, 0.25) is 0 Å². The Bertz CT molecular complexity index is 1240. The number of rotatable bonds is 5. The highest BCUT2D eigenvalue weighted by atomic mass is 16.5. The van der Waals surface area contributed by atoms with E-state index < -0.39 is 0 Å². The van der Waals surface area contributed by atoms with Crippen LogP contribution in [0.25, 0.3) is 22.2 Å². The highest BCUT2D eigenvalue weighted by molar-refractivity contribution is 6.01. The van der Waals surface area contributed by atoms with E-state index in [-0.39, 0.29) is 5.88 Å². The summed E-state index contributed by atoms with van der Waals surface area (Å²) in [5.41, 5.74) is 4.84. The van der Waals surface area contributed by atoms with Crippen molar-refractivity contribution in [3.63, 3.8) is 0 Å². The fourth-order valence-corrected chi connectivity index (χ4v) is 4.39. The summed E-state index contributed by atoms with van der Waals surface area (Å²) >= 11 is 0. The van der Waals surface area contributed by atoms with Crippen LogP contribution in [0.4, 0.5) is 5.69 Å². The van der Waals surface area contributed by atoms with Gasteiger partial charge in [-0.3, -0.25) is 4.68 Å². The maximum atomic E-state index is 10.0. The molecule has 2 N–H and O–H groups in total. The molecule has 1 saturated heterocycles. The number of nitrogens with one attached hydrogen (secondary N) is 1. The van der Waals surface area contributed by atoms with Crippen LogP contribution in [0, 0.1) is 0 Å². The van der Waals surface area contributed by atoms with Crippen molar-refractivity contribution in [1.29, 1.82) is 0 Å². The van der Waals surface area contributed by atoms with Crippen LogP contribution in [0.1, 0.15) is 12.5 Å². The number of anilines is 1. The molecule has 7 nitrogen and oxygen atoms in total. The largest absolute Gasteiger partial charge is 0.493 e. The number of hydrogen-bond acceptors (Lipinski definition) is 6. The maximum absolute atomic E-state index is 10.0. The monoisotopic (exact) mass is 429 g/mol. The molecular weight excluding hydrogens is 402 g/mol. The van der Waals surface area contributed by atoms with E-state index in [1.165, 1.54) is 5.69 Å². The van der Waals surface area contributed by atoms with E-state index in [0.717, 1.165) is 47.4 Å². The van der Waals surface area contributed by atoms with Crippen molar-refractivity contribution in [3.05, 3.63) is 66.2 Å². The number of aromatic nitrogens is 3. The minimum Gasteiger partial charge on any atom is -0.493 e. The number of fused-ring (bicyclic) bond motifs is 1. The van der Waals surface area contributed by atoms with Crippen molar-refractivity contribution in [3.8, 4) is 23.0 Å². The lowest BCUT2D eigenvalue weighted by Crippen LogP contribution is -2.50. The summed E-state index contributed by atoms with van der Waals surface area (Å²) < 4.78 is 7.97. The van der Waals surface area contributed by atoms with Crippen LogP contribution in [-0.2, 0) is 13.7 Å². The Morgan fingerprint density at radius 3 is 2.75 bits per heavy atom. The number of benzene rings is 2. The molecular formula is C25H27N5O2. The molecule has 2 aromatic carbocycles. The van der Waals surface area contributed by atoms with Crippen molar-refractivity contribution >= 4 is 16.6 Å². The molecule has 164 valence electrons. The molecule has 1 atom stereocenters. The molecule has 32 heavy (non-hydrogen) atoms. The van der Waals surface area contributed by atoms with Crippen molar-refractivity contribution in [2.24, 2.45) is 7.05 Å². The minimum atomic E-state index is -0.0765. The second kappa shape index (κ2) is 8.51. The van der Waals surface area contributed by atoms with Crippen LogP contribution < -0.4 is 15.0 Å². The number of para-hydroxylation sites is 1. The molecule has 0 radical (unpaired) electrons. The Morgan fingerprint density at radius 1 is 1.09 bits per heavy atom. The lowest BCUT2D eigenvalue weighted by molar-refractivity contribution is 0.290. The fourth-order valence-electron chi connectivity index (χ4n) is 4.39. The molecule has 0 spiro atoms. The van der Waals surface area contributed by atoms with Crippen LogP contribution in [-0.4, -0.2) is 45.5 Å². The first-order chi connectivity index (χ1) is 15.6. The second-order valence-corrected chi connectivity index (χ2v) is 8.19. The Labute approximate surface area is 187 Å². The van der Waals surface area contributed by atoms with E-state index in [1.807, 2.05) is 48.1 Å². The van der Waals surface area contributed by atoms with Gasteiger partial charge in [-0.05, 0) is 24.6 Å². The lowest BCUT2D eigenvalue weighted by Gasteiger charge is -2.36. The van der Waals surface area contributed by atoms with E-state index in [2.05, 4.69) is 40.3 Å². The van der Waals surface area contributed by atoms with Crippen LogP contribution in [0.15, 0.2) is 60.7 Å². The van der Waals surface area contributed by atoms with Crippen molar-refractivity contribution in [2.75, 3.05) is 24.5 Å². The summed E-state index contributed by atoms with van der Waals surface area (Å²) in [6.07, 6.45) is 0. The Balaban J connectivity index is 1.57. The predicted molar refractivity (Wildman–Crippen MR) is 126 cm³/mol. The van der Waals surface area contributed by atoms with Gasteiger partial charge in [0.25, 0.3) is 0 Å². The summed E-state index contributed by atoms with van der Waals surface area (Å²) in [5.74, 6) is 0.294. The zero-order valence-electron chi connectivity index (χ0n) is 18.3. The SMILES string of the molecule is C[C@@H]1CNCCN1c1cccc2c(-c3ccc(O)nc3OCc3ccccc3)nn(C)c12. The smallest absolute Gasteiger partial charge is 0.226 e. The van der Waals surface area contributed by atoms with Gasteiger partial charge in [0, 0.05) is 44.2 Å². The maximum Gasteiger partial charge on any atom is 0.226 e. The van der Waals surface area contributed by atoms with Crippen molar-refractivity contribution in [1.82, 2.24) is 20.1 Å². The number of pyridine rings is 1. The predicted octanol–water partition coefficient (Wildman–Crippen LogP) is 3.72. The molecule has 0 saturated carbocycles. The van der Waals surface area contributed by atoms with Crippen LogP contribution >= 0.6 is 0 Å². The second-order valence-electron chi connectivity index (χ2n) is 8.19. The average molecular weight is 430 g/mol. The summed E-state index contributed by atoms with van der Waals surface area (Å²) in [6, 6.07) is 20.0. The van der Waals surface area contributed by atoms with Crippen molar-refractivity contribution < 1.29 is 9.84 Å². The summed E-state index contributed by atoms with van der Waals surface area (Å²) in [4.78, 5) is 6.71. The third kappa shape index (κ3) is 3.76. The van der Waals surface area contributed by atoms with E-state index in [4.69, 9.17) is 9.84 Å². The van der Waals surface area contributed by atoms with E-state index in [1.54, 1.807) is 6.07 Å². The Kier molecular flexibility index (Phi) is 5.41. The Morgan fingerprint density at radius 2 is 1.94 bits per heavy atom. The molecule has 0 amide bonds. The summed E-state index contributed by atoms with van der Waals surface area (Å²) in [5, 5.41) is 19.4. The number of ether oxygens (including phenoxy) is 1. The molecule has 2 aromatic heterocycles. The van der Waals surface area contributed by atoms with Gasteiger partial charge in [-0.15, -0.1) is 0 Å². The molecule has 7 heteroatoms. The molecule has 4 aromatic rings. The van der Waals surface area contributed by atoms with E-state index >= 15 is 0 Å². The van der Waals surface area contributed by atoms with Gasteiger partial charge in [0.2, 0.25) is 11.8 Å². The summed E-state index contributed by atoms with van der Waals surface area (Å²) in [6.45, 7) is 5.47. The van der Waals surface area contributed by atoms with Gasteiger partial charge in [0.1, 0.15) is 12.3 Å².